The zero-order valence-corrected chi connectivity index (χ0v) is 18.2. The van der Waals surface area contributed by atoms with Gasteiger partial charge in [0.25, 0.3) is 0 Å². The molecule has 1 N–H and O–H groups in total. The molecule has 0 aromatic heterocycles. The van der Waals surface area contributed by atoms with Crippen LogP contribution in [0.1, 0.15) is 31.9 Å². The van der Waals surface area contributed by atoms with Crippen molar-refractivity contribution >= 4 is 23.2 Å². The topological polar surface area (TPSA) is 44.8 Å². The van der Waals surface area contributed by atoms with Gasteiger partial charge in [-0.3, -0.25) is 14.6 Å². The molecule has 1 aliphatic rings. The van der Waals surface area contributed by atoms with Gasteiger partial charge in [0.15, 0.2) is 0 Å². The fourth-order valence-electron chi connectivity index (χ4n) is 4.01. The first-order valence-electron chi connectivity index (χ1n) is 10.2. The fourth-order valence-corrected chi connectivity index (χ4v) is 4.18. The minimum Gasteiger partial charge on any atom is -0.495 e. The molecule has 0 radical (unpaired) electrons. The van der Waals surface area contributed by atoms with E-state index in [1.807, 2.05) is 0 Å². The highest BCUT2D eigenvalue weighted by Gasteiger charge is 2.31. The number of likely N-dealkylation sites (tertiary alicyclic amines) is 1. The standard InChI is InChI=1S/C23H30ClN3O2/c1-4-26(16-23(28)25-21-14-19(24)10-11-22(21)29-3)20-12-13-27(15-20)17(2)18-8-6-5-7-9-18/h5-11,14,17,20H,4,12-13,15-16H2,1-3H3,(H,25,28). The molecule has 0 bridgehead atoms. The summed E-state index contributed by atoms with van der Waals surface area (Å²) in [5.74, 6) is 0.552. The van der Waals surface area contributed by atoms with E-state index in [0.29, 0.717) is 35.1 Å². The van der Waals surface area contributed by atoms with E-state index in [-0.39, 0.29) is 5.91 Å². The smallest absolute Gasteiger partial charge is 0.238 e. The second kappa shape index (κ2) is 10.1. The van der Waals surface area contributed by atoms with Crippen LogP contribution in [0.25, 0.3) is 0 Å². The first-order chi connectivity index (χ1) is 14.0. The second-order valence-corrected chi connectivity index (χ2v) is 7.92. The highest BCUT2D eigenvalue weighted by molar-refractivity contribution is 6.31. The zero-order valence-electron chi connectivity index (χ0n) is 17.4. The molecule has 3 rings (SSSR count). The van der Waals surface area contributed by atoms with Gasteiger partial charge < -0.3 is 10.1 Å². The van der Waals surface area contributed by atoms with Crippen molar-refractivity contribution in [3.05, 3.63) is 59.1 Å². The summed E-state index contributed by atoms with van der Waals surface area (Å²) in [5, 5.41) is 3.51. The Hall–Kier alpha value is -2.08. The molecular weight excluding hydrogens is 386 g/mol. The third kappa shape index (κ3) is 5.50. The first kappa shape index (κ1) is 21.6. The Balaban J connectivity index is 1.59. The van der Waals surface area contributed by atoms with Gasteiger partial charge in [0, 0.05) is 30.2 Å². The molecule has 6 heteroatoms. The number of carbonyl (C=O) groups excluding carboxylic acids is 1. The first-order valence-corrected chi connectivity index (χ1v) is 10.6. The van der Waals surface area contributed by atoms with Gasteiger partial charge in [-0.15, -0.1) is 0 Å². The van der Waals surface area contributed by atoms with E-state index in [2.05, 4.69) is 59.3 Å². The van der Waals surface area contributed by atoms with E-state index >= 15 is 0 Å². The molecule has 1 amide bonds. The number of rotatable bonds is 8. The lowest BCUT2D eigenvalue weighted by atomic mass is 10.1. The predicted octanol–water partition coefficient (Wildman–Crippen LogP) is 4.44. The maximum atomic E-state index is 12.7. The van der Waals surface area contributed by atoms with Crippen molar-refractivity contribution in [1.82, 2.24) is 9.80 Å². The summed E-state index contributed by atoms with van der Waals surface area (Å²) in [6, 6.07) is 16.6. The highest BCUT2D eigenvalue weighted by Crippen LogP contribution is 2.29. The van der Waals surface area contributed by atoms with E-state index in [4.69, 9.17) is 16.3 Å². The predicted molar refractivity (Wildman–Crippen MR) is 119 cm³/mol. The van der Waals surface area contributed by atoms with Gasteiger partial charge in [0.1, 0.15) is 5.75 Å². The number of hydrogen-bond donors (Lipinski definition) is 1. The summed E-state index contributed by atoms with van der Waals surface area (Å²) in [4.78, 5) is 17.4. The van der Waals surface area contributed by atoms with E-state index < -0.39 is 0 Å². The van der Waals surface area contributed by atoms with Crippen LogP contribution in [-0.2, 0) is 4.79 Å². The molecule has 29 heavy (non-hydrogen) atoms. The quantitative estimate of drug-likeness (QED) is 0.692. The van der Waals surface area contributed by atoms with Gasteiger partial charge in [-0.1, -0.05) is 48.9 Å². The number of likely N-dealkylation sites (N-methyl/N-ethyl adjacent to an activating group) is 1. The molecule has 156 valence electrons. The maximum absolute atomic E-state index is 12.7. The van der Waals surface area contributed by atoms with Crippen LogP contribution in [0.4, 0.5) is 5.69 Å². The molecule has 2 unspecified atom stereocenters. The van der Waals surface area contributed by atoms with E-state index in [1.165, 1.54) is 5.56 Å². The third-order valence-electron chi connectivity index (χ3n) is 5.73. The minimum absolute atomic E-state index is 0.0537. The number of hydrogen-bond acceptors (Lipinski definition) is 4. The highest BCUT2D eigenvalue weighted by atomic mass is 35.5. The van der Waals surface area contributed by atoms with E-state index in [1.54, 1.807) is 25.3 Å². The summed E-state index contributed by atoms with van der Waals surface area (Å²) in [7, 11) is 1.58. The Morgan fingerprint density at radius 3 is 2.76 bits per heavy atom. The number of nitrogens with one attached hydrogen (secondary N) is 1. The molecule has 0 aliphatic carbocycles. The van der Waals surface area contributed by atoms with Crippen LogP contribution in [0.15, 0.2) is 48.5 Å². The van der Waals surface area contributed by atoms with Crippen LogP contribution in [0.3, 0.4) is 0 Å². The zero-order chi connectivity index (χ0) is 20.8. The summed E-state index contributed by atoms with van der Waals surface area (Å²) >= 11 is 6.07. The van der Waals surface area contributed by atoms with Gasteiger partial charge in [-0.25, -0.2) is 0 Å². The summed E-state index contributed by atoms with van der Waals surface area (Å²) in [6.45, 7) is 7.56. The van der Waals surface area contributed by atoms with Crippen molar-refractivity contribution in [2.75, 3.05) is 38.6 Å². The summed E-state index contributed by atoms with van der Waals surface area (Å²) < 4.78 is 5.32. The van der Waals surface area contributed by atoms with E-state index in [0.717, 1.165) is 26.1 Å². The van der Waals surface area contributed by atoms with Crippen LogP contribution in [0.5, 0.6) is 5.75 Å². The van der Waals surface area contributed by atoms with Crippen LogP contribution in [0, 0.1) is 0 Å². The van der Waals surface area contributed by atoms with Crippen molar-refractivity contribution < 1.29 is 9.53 Å². The molecule has 1 fully saturated rings. The van der Waals surface area contributed by atoms with Gasteiger partial charge in [-0.05, 0) is 43.7 Å². The minimum atomic E-state index is -0.0537. The van der Waals surface area contributed by atoms with Crippen molar-refractivity contribution in [3.8, 4) is 5.75 Å². The van der Waals surface area contributed by atoms with Gasteiger partial charge in [-0.2, -0.15) is 0 Å². The third-order valence-corrected chi connectivity index (χ3v) is 5.96. The Bertz CT molecular complexity index is 815. The molecule has 2 aromatic carbocycles. The van der Waals surface area contributed by atoms with Crippen molar-refractivity contribution in [2.45, 2.75) is 32.4 Å². The fraction of sp³-hybridized carbons (Fsp3) is 0.435. The number of ether oxygens (including phenoxy) is 1. The second-order valence-electron chi connectivity index (χ2n) is 7.48. The molecular formula is C23H30ClN3O2. The Morgan fingerprint density at radius 2 is 2.07 bits per heavy atom. The average Bonchev–Trinajstić information content (AvgIpc) is 3.22. The van der Waals surface area contributed by atoms with E-state index in [9.17, 15) is 4.79 Å². The van der Waals surface area contributed by atoms with Gasteiger partial charge >= 0.3 is 0 Å². The van der Waals surface area contributed by atoms with Crippen LogP contribution in [-0.4, -0.2) is 55.0 Å². The molecule has 5 nitrogen and oxygen atoms in total. The maximum Gasteiger partial charge on any atom is 0.238 e. The summed E-state index contributed by atoms with van der Waals surface area (Å²) in [5.41, 5.74) is 1.94. The normalized spacial score (nSPS) is 18.0. The van der Waals surface area contributed by atoms with Crippen molar-refractivity contribution in [1.29, 1.82) is 0 Å². The average molecular weight is 416 g/mol. The number of carbonyl (C=O) groups is 1. The number of anilines is 1. The number of benzene rings is 2. The van der Waals surface area contributed by atoms with Crippen molar-refractivity contribution in [3.63, 3.8) is 0 Å². The summed E-state index contributed by atoms with van der Waals surface area (Å²) in [6.07, 6.45) is 1.07. The lowest BCUT2D eigenvalue weighted by Gasteiger charge is -2.29. The number of amides is 1. The number of methoxy groups -OCH3 is 1. The molecule has 1 heterocycles. The molecule has 1 saturated heterocycles. The molecule has 1 aliphatic heterocycles. The number of nitrogens with zero attached hydrogens (tertiary/aromatic N) is 2. The molecule has 2 aromatic rings. The lowest BCUT2D eigenvalue weighted by molar-refractivity contribution is -0.117. The Kier molecular flexibility index (Phi) is 7.53. The van der Waals surface area contributed by atoms with Crippen LogP contribution >= 0.6 is 11.6 Å². The van der Waals surface area contributed by atoms with Crippen molar-refractivity contribution in [2.24, 2.45) is 0 Å². The monoisotopic (exact) mass is 415 g/mol. The van der Waals surface area contributed by atoms with Gasteiger partial charge in [0.05, 0.1) is 19.3 Å². The largest absolute Gasteiger partial charge is 0.495 e. The van der Waals surface area contributed by atoms with Crippen LogP contribution in [0.2, 0.25) is 5.02 Å². The molecule has 0 saturated carbocycles. The van der Waals surface area contributed by atoms with Gasteiger partial charge in [0.2, 0.25) is 5.91 Å². The molecule has 2 atom stereocenters. The SMILES string of the molecule is CCN(CC(=O)Nc1cc(Cl)ccc1OC)C1CCN(C(C)c2ccccc2)C1. The Labute approximate surface area is 178 Å². The molecule has 0 spiro atoms. The lowest BCUT2D eigenvalue weighted by Crippen LogP contribution is -2.42. The van der Waals surface area contributed by atoms with Crippen LogP contribution < -0.4 is 10.1 Å². The Morgan fingerprint density at radius 1 is 1.31 bits per heavy atom. The number of halogens is 1.